The average Bonchev–Trinajstić information content (AvgIpc) is 3.28. The van der Waals surface area contributed by atoms with Crippen LogP contribution in [0.5, 0.6) is 0 Å². The van der Waals surface area contributed by atoms with Gasteiger partial charge in [-0.2, -0.15) is 0 Å². The van der Waals surface area contributed by atoms with E-state index in [-0.39, 0.29) is 17.6 Å². The van der Waals surface area contributed by atoms with Gasteiger partial charge >= 0.3 is 5.97 Å². The third kappa shape index (κ3) is 8.29. The van der Waals surface area contributed by atoms with Crippen molar-refractivity contribution in [3.63, 3.8) is 0 Å². The van der Waals surface area contributed by atoms with Crippen LogP contribution in [-0.4, -0.2) is 48.6 Å². The van der Waals surface area contributed by atoms with Gasteiger partial charge in [0.15, 0.2) is 8.32 Å². The molecule has 1 saturated heterocycles. The lowest BCUT2D eigenvalue weighted by molar-refractivity contribution is -0.151. The van der Waals surface area contributed by atoms with Gasteiger partial charge in [0.05, 0.1) is 22.1 Å². The predicted molar refractivity (Wildman–Crippen MR) is 260 cm³/mol. The first-order valence-corrected chi connectivity index (χ1v) is 26.5. The van der Waals surface area contributed by atoms with E-state index in [1.165, 1.54) is 0 Å². The molecule has 0 N–H and O–H groups in total. The summed E-state index contributed by atoms with van der Waals surface area (Å²) in [7, 11) is -2.39. The van der Waals surface area contributed by atoms with Crippen LogP contribution in [0.1, 0.15) is 44.4 Å². The normalized spacial score (nSPS) is 16.3. The summed E-state index contributed by atoms with van der Waals surface area (Å²) >= 11 is 1.70. The number of likely N-dealkylation sites (tertiary alicyclic amines) is 1. The van der Waals surface area contributed by atoms with Crippen LogP contribution in [0.3, 0.4) is 0 Å². The van der Waals surface area contributed by atoms with E-state index in [0.717, 1.165) is 32.6 Å². The zero-order valence-electron chi connectivity index (χ0n) is 36.0. The van der Waals surface area contributed by atoms with E-state index < -0.39 is 43.3 Å². The molecule has 1 aliphatic heterocycles. The van der Waals surface area contributed by atoms with Crippen LogP contribution in [0.2, 0.25) is 18.1 Å². The van der Waals surface area contributed by atoms with Crippen molar-refractivity contribution in [1.29, 1.82) is 0 Å². The van der Waals surface area contributed by atoms with E-state index in [1.807, 2.05) is 84.6 Å². The number of thioether (sulfide) groups is 1. The summed E-state index contributed by atoms with van der Waals surface area (Å²) in [6, 6.07) is 62.1. The summed E-state index contributed by atoms with van der Waals surface area (Å²) in [5.74, 6) is -1.32. The Labute approximate surface area is 368 Å². The van der Waals surface area contributed by atoms with Crippen molar-refractivity contribution in [2.45, 2.75) is 62.1 Å². The summed E-state index contributed by atoms with van der Waals surface area (Å²) in [4.78, 5) is 33.1. The Morgan fingerprint density at radius 3 is 1.39 bits per heavy atom. The average molecular weight is 862 g/mol. The monoisotopic (exact) mass is 861 g/mol. The summed E-state index contributed by atoms with van der Waals surface area (Å²) in [5, 5.41) is 2.12. The number of β-lactam (4-membered cyclic amide) rings is 1. The fourth-order valence-corrected chi connectivity index (χ4v) is 16.1. The molecule has 0 saturated carbocycles. The molecular weight excluding hydrogens is 806 g/mol. The zero-order valence-corrected chi connectivity index (χ0v) is 38.7. The smallest absolute Gasteiger partial charge is 0.356 e. The van der Waals surface area contributed by atoms with Gasteiger partial charge in [-0.15, -0.1) is 11.8 Å². The SMILES string of the molecule is C=CCOC(=O)C(N1C(=O)[C@H]([C@@H](C)O[Si](C)(C)C(C)(C)C)[C@H]1SC(c1ccccc1)(c1ccccc1)c1ccccc1)=P(c1ccccc1)(c1ccccc1)c1ccccc1. The van der Waals surface area contributed by atoms with Gasteiger partial charge in [0.25, 0.3) is 0 Å². The number of amides is 1. The molecular formula is C53H56NO4PSSi. The Morgan fingerprint density at radius 1 is 0.689 bits per heavy atom. The third-order valence-electron chi connectivity index (χ3n) is 12.2. The molecule has 312 valence electrons. The predicted octanol–water partition coefficient (Wildman–Crippen LogP) is 10.8. The fraction of sp³-hybridized carbons (Fsp3) is 0.226. The first kappa shape index (κ1) is 43.9. The number of nitrogens with zero attached hydrogens (tertiary/aromatic N) is 1. The Balaban J connectivity index is 1.61. The summed E-state index contributed by atoms with van der Waals surface area (Å²) < 4.78 is 12.5. The molecule has 0 spiro atoms. The van der Waals surface area contributed by atoms with Gasteiger partial charge in [0, 0.05) is 6.89 Å². The van der Waals surface area contributed by atoms with Crippen LogP contribution < -0.4 is 15.9 Å². The molecule has 1 fully saturated rings. The molecule has 7 rings (SSSR count). The lowest BCUT2D eigenvalue weighted by Gasteiger charge is -2.55. The van der Waals surface area contributed by atoms with Crippen molar-refractivity contribution in [2.75, 3.05) is 6.61 Å². The van der Waals surface area contributed by atoms with Crippen molar-refractivity contribution < 1.29 is 18.8 Å². The number of hydrogen-bond acceptors (Lipinski definition) is 5. The van der Waals surface area contributed by atoms with Gasteiger partial charge in [-0.05, 0) is 57.7 Å². The molecule has 6 aromatic rings. The van der Waals surface area contributed by atoms with Crippen molar-refractivity contribution in [3.8, 4) is 0 Å². The first-order valence-electron chi connectivity index (χ1n) is 20.9. The molecule has 3 atom stereocenters. The van der Waals surface area contributed by atoms with Crippen LogP contribution in [0.25, 0.3) is 0 Å². The minimum absolute atomic E-state index is 0.0170. The topological polar surface area (TPSA) is 55.8 Å². The lowest BCUT2D eigenvalue weighted by atomic mass is 9.84. The van der Waals surface area contributed by atoms with Crippen LogP contribution in [0.4, 0.5) is 0 Å². The Hall–Kier alpha value is -5.17. The fourth-order valence-electron chi connectivity index (χ4n) is 8.25. The molecule has 0 aromatic heterocycles. The van der Waals surface area contributed by atoms with Gasteiger partial charge in [-0.25, -0.2) is 4.79 Å². The maximum atomic E-state index is 15.8. The zero-order chi connectivity index (χ0) is 43.3. The second-order valence-corrected chi connectivity index (χ2v) is 26.4. The lowest BCUT2D eigenvalue weighted by Crippen LogP contribution is -2.68. The maximum absolute atomic E-state index is 15.8. The minimum Gasteiger partial charge on any atom is -0.457 e. The quantitative estimate of drug-likeness (QED) is 0.0257. The second-order valence-electron chi connectivity index (χ2n) is 17.0. The summed E-state index contributed by atoms with van der Waals surface area (Å²) in [6.07, 6.45) is 1.11. The summed E-state index contributed by atoms with van der Waals surface area (Å²) in [6.45, 7) is 13.9. The Morgan fingerprint density at radius 2 is 1.05 bits per heavy atom. The van der Waals surface area contributed by atoms with Crippen molar-refractivity contribution >= 4 is 60.2 Å². The molecule has 0 aliphatic carbocycles. The van der Waals surface area contributed by atoms with Gasteiger partial charge in [0.1, 0.15) is 12.0 Å². The van der Waals surface area contributed by atoms with Crippen molar-refractivity contribution in [1.82, 2.24) is 4.90 Å². The van der Waals surface area contributed by atoms with Gasteiger partial charge < -0.3 is 9.16 Å². The van der Waals surface area contributed by atoms with Crippen LogP contribution in [-0.2, 0) is 23.5 Å². The molecule has 6 aromatic carbocycles. The number of hydrogen-bond donors (Lipinski definition) is 0. The number of ether oxygens (including phenoxy) is 1. The highest BCUT2D eigenvalue weighted by Crippen LogP contribution is 2.58. The highest BCUT2D eigenvalue weighted by Gasteiger charge is 2.60. The second kappa shape index (κ2) is 18.4. The molecule has 0 bridgehead atoms. The highest BCUT2D eigenvalue weighted by atomic mass is 32.2. The molecule has 1 amide bonds. The summed E-state index contributed by atoms with van der Waals surface area (Å²) in [5.41, 5.74) is 3.50. The highest BCUT2D eigenvalue weighted by molar-refractivity contribution is 8.01. The minimum atomic E-state index is -3.19. The van der Waals surface area contributed by atoms with Crippen LogP contribution in [0.15, 0.2) is 195 Å². The molecule has 8 heteroatoms. The number of carbonyl (C=O) groups is 2. The molecule has 1 aliphatic rings. The third-order valence-corrected chi connectivity index (χ3v) is 22.8. The van der Waals surface area contributed by atoms with Crippen LogP contribution in [0, 0.1) is 5.92 Å². The number of esters is 1. The molecule has 5 nitrogen and oxygen atoms in total. The van der Waals surface area contributed by atoms with Crippen molar-refractivity contribution in [3.05, 3.63) is 211 Å². The Kier molecular flexibility index (Phi) is 13.3. The van der Waals surface area contributed by atoms with Gasteiger partial charge in [-0.3, -0.25) is 9.69 Å². The van der Waals surface area contributed by atoms with E-state index in [1.54, 1.807) is 17.8 Å². The number of rotatable bonds is 15. The van der Waals surface area contributed by atoms with E-state index >= 15 is 9.59 Å². The van der Waals surface area contributed by atoms with E-state index in [0.29, 0.717) is 5.42 Å². The molecule has 0 unspecified atom stereocenters. The molecule has 61 heavy (non-hydrogen) atoms. The van der Waals surface area contributed by atoms with E-state index in [2.05, 4.69) is 150 Å². The van der Waals surface area contributed by atoms with Gasteiger partial charge in [0.2, 0.25) is 5.91 Å². The maximum Gasteiger partial charge on any atom is 0.356 e. The largest absolute Gasteiger partial charge is 0.457 e. The van der Waals surface area contributed by atoms with E-state index in [4.69, 9.17) is 9.16 Å². The molecule has 1 heterocycles. The van der Waals surface area contributed by atoms with E-state index in [9.17, 15) is 0 Å². The van der Waals surface area contributed by atoms with Crippen LogP contribution >= 0.6 is 18.6 Å². The van der Waals surface area contributed by atoms with Crippen molar-refractivity contribution in [2.24, 2.45) is 5.92 Å². The van der Waals surface area contributed by atoms with Gasteiger partial charge in [-0.1, -0.05) is 215 Å². The standard InChI is InChI=1S/C53H56NO4PSSi/c1-8-39-57-51(56)49(59(44-33-21-12-22-34-44,45-35-23-13-24-36-45)46-37-25-14-26-38-46)54-48(55)47(40(2)58-61(6,7)52(3,4)5)50(54)60-53(41-27-15-9-16-28-41,42-29-17-10-18-30-42)43-31-19-11-20-32-43/h8-38,40,47,50H,1,39H2,2-7H3/t40-,47+,50-/m1/s1. The number of carbonyl (C=O) groups excluding carboxylic acids is 2. The Bertz CT molecular complexity index is 2280. The number of benzene rings is 6. The first-order chi connectivity index (χ1) is 29.4. The molecule has 0 radical (unpaired) electrons.